The number of aryl methyl sites for hydroxylation is 1. The Bertz CT molecular complexity index is 575. The number of nitrogens with one attached hydrogen (secondary N) is 1. The van der Waals surface area contributed by atoms with Crippen LogP contribution in [0, 0.1) is 6.92 Å². The lowest BCUT2D eigenvalue weighted by Crippen LogP contribution is -2.00. The van der Waals surface area contributed by atoms with Crippen LogP contribution in [-0.4, -0.2) is 11.1 Å². The first-order valence-electron chi connectivity index (χ1n) is 5.84. The third-order valence-electron chi connectivity index (χ3n) is 2.70. The molecule has 3 nitrogen and oxygen atoms in total. The fourth-order valence-corrected chi connectivity index (χ4v) is 3.03. The molecule has 1 aromatic heterocycles. The first-order chi connectivity index (χ1) is 9.06. The van der Waals surface area contributed by atoms with Gasteiger partial charge in [0.2, 0.25) is 0 Å². The third-order valence-corrected chi connectivity index (χ3v) is 4.10. The van der Waals surface area contributed by atoms with E-state index in [1.54, 1.807) is 0 Å². The number of carbonyl (C=O) groups is 1. The van der Waals surface area contributed by atoms with Gasteiger partial charge < -0.3 is 10.4 Å². The van der Waals surface area contributed by atoms with Crippen LogP contribution in [0.25, 0.3) is 0 Å². The molecule has 0 aliphatic rings. The largest absolute Gasteiger partial charge is 0.481 e. The quantitative estimate of drug-likeness (QED) is 0.878. The van der Waals surface area contributed by atoms with Gasteiger partial charge in [0.25, 0.3) is 0 Å². The van der Waals surface area contributed by atoms with Crippen LogP contribution in [0.2, 0.25) is 5.02 Å². The third kappa shape index (κ3) is 3.72. The number of aliphatic carboxylic acids is 1. The fraction of sp³-hybridized carbons (Fsp3) is 0.214. The Hall–Kier alpha value is -1.52. The van der Waals surface area contributed by atoms with E-state index in [9.17, 15) is 4.79 Å². The van der Waals surface area contributed by atoms with Crippen molar-refractivity contribution >= 4 is 34.6 Å². The van der Waals surface area contributed by atoms with E-state index in [2.05, 4.69) is 5.32 Å². The summed E-state index contributed by atoms with van der Waals surface area (Å²) in [5.41, 5.74) is 2.02. The van der Waals surface area contributed by atoms with Crippen LogP contribution < -0.4 is 5.32 Å². The van der Waals surface area contributed by atoms with Gasteiger partial charge in [0.15, 0.2) is 0 Å². The summed E-state index contributed by atoms with van der Waals surface area (Å²) < 4.78 is 0. The molecule has 0 fully saturated rings. The van der Waals surface area contributed by atoms with Gasteiger partial charge in [0, 0.05) is 16.3 Å². The number of thiophene rings is 1. The molecule has 0 radical (unpaired) electrons. The van der Waals surface area contributed by atoms with E-state index in [4.69, 9.17) is 16.7 Å². The molecular weight excluding hydrogens is 282 g/mol. The molecule has 2 N–H and O–H groups in total. The number of benzene rings is 1. The zero-order valence-electron chi connectivity index (χ0n) is 10.4. The van der Waals surface area contributed by atoms with Crippen LogP contribution in [0.4, 0.5) is 5.69 Å². The minimum atomic E-state index is -0.802. The highest BCUT2D eigenvalue weighted by molar-refractivity contribution is 7.12. The molecule has 0 spiro atoms. The lowest BCUT2D eigenvalue weighted by molar-refractivity contribution is -0.136. The van der Waals surface area contributed by atoms with Crippen LogP contribution in [0.1, 0.15) is 15.3 Å². The Balaban J connectivity index is 2.02. The monoisotopic (exact) mass is 295 g/mol. The summed E-state index contributed by atoms with van der Waals surface area (Å²) in [6, 6.07) is 9.57. The molecule has 1 heterocycles. The summed E-state index contributed by atoms with van der Waals surface area (Å²) in [5, 5.41) is 12.7. The number of para-hydroxylation sites is 1. The molecule has 0 aliphatic carbocycles. The van der Waals surface area contributed by atoms with Crippen molar-refractivity contribution in [1.82, 2.24) is 0 Å². The molecule has 0 saturated heterocycles. The Kier molecular flexibility index (Phi) is 4.45. The first kappa shape index (κ1) is 13.9. The van der Waals surface area contributed by atoms with E-state index in [0.29, 0.717) is 11.6 Å². The molecule has 2 aromatic rings. The Morgan fingerprint density at radius 1 is 1.32 bits per heavy atom. The van der Waals surface area contributed by atoms with Crippen LogP contribution in [0.3, 0.4) is 0 Å². The summed E-state index contributed by atoms with van der Waals surface area (Å²) in [4.78, 5) is 12.6. The average Bonchev–Trinajstić information content (AvgIpc) is 2.75. The van der Waals surface area contributed by atoms with E-state index in [1.807, 2.05) is 37.3 Å². The number of halogens is 1. The van der Waals surface area contributed by atoms with Gasteiger partial charge >= 0.3 is 5.97 Å². The number of carboxylic acids is 1. The predicted molar refractivity (Wildman–Crippen MR) is 79.2 cm³/mol. The van der Waals surface area contributed by atoms with Crippen LogP contribution in [0.15, 0.2) is 30.3 Å². The number of hydrogen-bond acceptors (Lipinski definition) is 3. The summed E-state index contributed by atoms with van der Waals surface area (Å²) in [6.45, 7) is 2.65. The number of rotatable bonds is 5. The second kappa shape index (κ2) is 6.08. The summed E-state index contributed by atoms with van der Waals surface area (Å²) in [7, 11) is 0. The fourth-order valence-electron chi connectivity index (χ4n) is 1.79. The van der Waals surface area contributed by atoms with Crippen molar-refractivity contribution in [1.29, 1.82) is 0 Å². The highest BCUT2D eigenvalue weighted by atomic mass is 35.5. The topological polar surface area (TPSA) is 49.3 Å². The number of hydrogen-bond donors (Lipinski definition) is 2. The van der Waals surface area contributed by atoms with Crippen molar-refractivity contribution in [2.24, 2.45) is 0 Å². The maximum atomic E-state index is 10.6. The average molecular weight is 296 g/mol. The molecule has 0 aliphatic heterocycles. The molecule has 5 heteroatoms. The first-order valence-corrected chi connectivity index (χ1v) is 7.04. The summed E-state index contributed by atoms with van der Waals surface area (Å²) in [5.74, 6) is -0.802. The van der Waals surface area contributed by atoms with Gasteiger partial charge in [-0.3, -0.25) is 4.79 Å². The van der Waals surface area contributed by atoms with Crippen LogP contribution in [0.5, 0.6) is 0 Å². The second-order valence-corrected chi connectivity index (χ2v) is 5.88. The van der Waals surface area contributed by atoms with Gasteiger partial charge in [-0.1, -0.05) is 23.7 Å². The lowest BCUT2D eigenvalue weighted by atomic mass is 10.2. The van der Waals surface area contributed by atoms with Gasteiger partial charge in [-0.05, 0) is 30.7 Å². The molecular formula is C14H14ClNO2S. The maximum Gasteiger partial charge on any atom is 0.308 e. The van der Waals surface area contributed by atoms with E-state index in [0.717, 1.165) is 21.0 Å². The van der Waals surface area contributed by atoms with E-state index in [1.165, 1.54) is 11.3 Å². The smallest absolute Gasteiger partial charge is 0.308 e. The zero-order valence-corrected chi connectivity index (χ0v) is 12.0. The normalized spacial score (nSPS) is 10.4. The van der Waals surface area contributed by atoms with Gasteiger partial charge in [-0.2, -0.15) is 0 Å². The minimum absolute atomic E-state index is 0.0792. The van der Waals surface area contributed by atoms with Crippen molar-refractivity contribution in [2.45, 2.75) is 19.9 Å². The Morgan fingerprint density at radius 2 is 2.05 bits per heavy atom. The van der Waals surface area contributed by atoms with Crippen molar-refractivity contribution < 1.29 is 9.90 Å². The van der Waals surface area contributed by atoms with E-state index < -0.39 is 5.97 Å². The maximum absolute atomic E-state index is 10.6. The Labute approximate surface area is 120 Å². The molecule has 19 heavy (non-hydrogen) atoms. The summed E-state index contributed by atoms with van der Waals surface area (Å²) in [6.07, 6.45) is 0.0792. The van der Waals surface area contributed by atoms with E-state index in [-0.39, 0.29) is 6.42 Å². The highest BCUT2D eigenvalue weighted by Gasteiger charge is 2.06. The second-order valence-electron chi connectivity index (χ2n) is 4.22. The molecule has 0 bridgehead atoms. The molecule has 0 amide bonds. The lowest BCUT2D eigenvalue weighted by Gasteiger charge is -2.10. The SMILES string of the molecule is Cc1cccc(Cl)c1NCc1ccc(CC(=O)O)s1. The summed E-state index contributed by atoms with van der Waals surface area (Å²) >= 11 is 7.64. The molecule has 100 valence electrons. The molecule has 0 saturated carbocycles. The zero-order chi connectivity index (χ0) is 13.8. The number of carboxylic acid groups (broad SMARTS) is 1. The van der Waals surface area contributed by atoms with Gasteiger partial charge in [-0.25, -0.2) is 0 Å². The van der Waals surface area contributed by atoms with Crippen molar-refractivity contribution in [3.8, 4) is 0 Å². The Morgan fingerprint density at radius 3 is 2.74 bits per heavy atom. The van der Waals surface area contributed by atoms with Crippen LogP contribution >= 0.6 is 22.9 Å². The minimum Gasteiger partial charge on any atom is -0.481 e. The van der Waals surface area contributed by atoms with Crippen molar-refractivity contribution in [3.05, 3.63) is 50.7 Å². The molecule has 2 rings (SSSR count). The van der Waals surface area contributed by atoms with Gasteiger partial charge in [0.1, 0.15) is 0 Å². The molecule has 0 unspecified atom stereocenters. The van der Waals surface area contributed by atoms with Crippen LogP contribution in [-0.2, 0) is 17.8 Å². The highest BCUT2D eigenvalue weighted by Crippen LogP contribution is 2.26. The van der Waals surface area contributed by atoms with E-state index >= 15 is 0 Å². The van der Waals surface area contributed by atoms with Crippen molar-refractivity contribution in [2.75, 3.05) is 5.32 Å². The van der Waals surface area contributed by atoms with Gasteiger partial charge in [0.05, 0.1) is 17.1 Å². The van der Waals surface area contributed by atoms with Crippen molar-refractivity contribution in [3.63, 3.8) is 0 Å². The predicted octanol–water partition coefficient (Wildman–Crippen LogP) is 3.95. The molecule has 0 atom stereocenters. The standard InChI is InChI=1S/C14H14ClNO2S/c1-9-3-2-4-12(15)14(9)16-8-11-6-5-10(19-11)7-13(17)18/h2-6,16H,7-8H2,1H3,(H,17,18). The molecule has 1 aromatic carbocycles. The number of anilines is 1. The van der Waals surface area contributed by atoms with Gasteiger partial charge in [-0.15, -0.1) is 11.3 Å².